The molecule has 0 aromatic carbocycles. The molecule has 1 fully saturated rings. The van der Waals surface area contributed by atoms with Crippen LogP contribution in [0.1, 0.15) is 38.0 Å². The molecule has 1 saturated carbocycles. The summed E-state index contributed by atoms with van der Waals surface area (Å²) in [5.74, 6) is -1.84. The molecule has 110 valence electrons. The molecule has 0 radical (unpaired) electrons. The minimum atomic E-state index is -0.847. The van der Waals surface area contributed by atoms with E-state index in [2.05, 4.69) is 25.2 Å². The van der Waals surface area contributed by atoms with Crippen LogP contribution in [0.25, 0.3) is 0 Å². The van der Waals surface area contributed by atoms with Crippen molar-refractivity contribution >= 4 is 23.2 Å². The van der Waals surface area contributed by atoms with Gasteiger partial charge in [0.2, 0.25) is 5.91 Å². The maximum absolute atomic E-state index is 12.2. The van der Waals surface area contributed by atoms with Crippen molar-refractivity contribution in [1.29, 1.82) is 0 Å². The van der Waals surface area contributed by atoms with Crippen LogP contribution in [0.5, 0.6) is 0 Å². The highest BCUT2D eigenvalue weighted by Crippen LogP contribution is 2.32. The average molecular weight is 295 g/mol. The van der Waals surface area contributed by atoms with Crippen LogP contribution < -0.4 is 5.32 Å². The maximum Gasteiger partial charge on any atom is 0.307 e. The Bertz CT molecular complexity index is 481. The van der Waals surface area contributed by atoms with Gasteiger partial charge in [0, 0.05) is 16.8 Å². The van der Waals surface area contributed by atoms with Crippen molar-refractivity contribution in [2.45, 2.75) is 38.5 Å². The van der Waals surface area contributed by atoms with E-state index in [1.165, 1.54) is 4.88 Å². The van der Waals surface area contributed by atoms with Crippen molar-refractivity contribution in [3.05, 3.63) is 22.4 Å². The SMILES string of the molecule is CC(C)(CNC(=O)[C@@H]1CCC[C@@H]1C(=O)O)c1cccs1. The molecule has 0 aliphatic heterocycles. The van der Waals surface area contributed by atoms with Crippen LogP contribution >= 0.6 is 11.3 Å². The lowest BCUT2D eigenvalue weighted by molar-refractivity contribution is -0.146. The van der Waals surface area contributed by atoms with Crippen molar-refractivity contribution in [3.63, 3.8) is 0 Å². The number of carboxylic acids is 1. The Labute approximate surface area is 123 Å². The van der Waals surface area contributed by atoms with Crippen LogP contribution in [0.4, 0.5) is 0 Å². The van der Waals surface area contributed by atoms with E-state index in [1.807, 2.05) is 11.4 Å². The molecule has 20 heavy (non-hydrogen) atoms. The Morgan fingerprint density at radius 3 is 2.70 bits per heavy atom. The molecule has 5 heteroatoms. The summed E-state index contributed by atoms with van der Waals surface area (Å²) >= 11 is 1.67. The van der Waals surface area contributed by atoms with Gasteiger partial charge in [0.05, 0.1) is 11.8 Å². The van der Waals surface area contributed by atoms with Crippen LogP contribution in [0, 0.1) is 11.8 Å². The van der Waals surface area contributed by atoms with Crippen molar-refractivity contribution in [1.82, 2.24) is 5.32 Å². The topological polar surface area (TPSA) is 66.4 Å². The second-order valence-electron chi connectivity index (χ2n) is 6.06. The maximum atomic E-state index is 12.2. The number of hydrogen-bond donors (Lipinski definition) is 2. The van der Waals surface area contributed by atoms with Gasteiger partial charge >= 0.3 is 5.97 Å². The van der Waals surface area contributed by atoms with E-state index >= 15 is 0 Å². The summed E-state index contributed by atoms with van der Waals surface area (Å²) in [5, 5.41) is 14.1. The molecule has 1 heterocycles. The molecule has 0 saturated heterocycles. The zero-order chi connectivity index (χ0) is 14.8. The van der Waals surface area contributed by atoms with E-state index in [-0.39, 0.29) is 17.2 Å². The minimum absolute atomic E-state index is 0.112. The van der Waals surface area contributed by atoms with Crippen LogP contribution in [-0.4, -0.2) is 23.5 Å². The number of thiophene rings is 1. The van der Waals surface area contributed by atoms with E-state index in [0.29, 0.717) is 19.4 Å². The third-order valence-electron chi connectivity index (χ3n) is 4.06. The zero-order valence-electron chi connectivity index (χ0n) is 11.9. The van der Waals surface area contributed by atoms with Gasteiger partial charge in [-0.3, -0.25) is 9.59 Å². The minimum Gasteiger partial charge on any atom is -0.481 e. The third kappa shape index (κ3) is 3.20. The van der Waals surface area contributed by atoms with Gasteiger partial charge in [-0.25, -0.2) is 0 Å². The van der Waals surface area contributed by atoms with Gasteiger partial charge in [-0.05, 0) is 24.3 Å². The molecule has 1 aliphatic carbocycles. The number of carbonyl (C=O) groups is 2. The summed E-state index contributed by atoms with van der Waals surface area (Å²) in [4.78, 5) is 24.6. The number of nitrogens with one attached hydrogen (secondary N) is 1. The van der Waals surface area contributed by atoms with Crippen molar-refractivity contribution < 1.29 is 14.7 Å². The highest BCUT2D eigenvalue weighted by molar-refractivity contribution is 7.10. The fourth-order valence-electron chi connectivity index (χ4n) is 2.76. The van der Waals surface area contributed by atoms with E-state index in [4.69, 9.17) is 5.11 Å². The summed E-state index contributed by atoms with van der Waals surface area (Å²) < 4.78 is 0. The molecule has 1 amide bonds. The van der Waals surface area contributed by atoms with Gasteiger partial charge in [-0.1, -0.05) is 26.3 Å². The van der Waals surface area contributed by atoms with Gasteiger partial charge < -0.3 is 10.4 Å². The quantitative estimate of drug-likeness (QED) is 0.877. The molecule has 2 rings (SSSR count). The second-order valence-corrected chi connectivity index (χ2v) is 7.01. The predicted molar refractivity (Wildman–Crippen MR) is 78.8 cm³/mol. The average Bonchev–Trinajstić information content (AvgIpc) is 3.06. The molecule has 0 spiro atoms. The monoisotopic (exact) mass is 295 g/mol. The molecule has 2 atom stereocenters. The summed E-state index contributed by atoms with van der Waals surface area (Å²) in [6.45, 7) is 4.71. The Morgan fingerprint density at radius 2 is 2.10 bits per heavy atom. The first kappa shape index (κ1) is 15.0. The zero-order valence-corrected chi connectivity index (χ0v) is 12.7. The number of aliphatic carboxylic acids is 1. The number of carboxylic acid groups (broad SMARTS) is 1. The van der Waals surface area contributed by atoms with Crippen LogP contribution in [-0.2, 0) is 15.0 Å². The predicted octanol–water partition coefficient (Wildman–Crippen LogP) is 2.64. The van der Waals surface area contributed by atoms with Gasteiger partial charge in [0.1, 0.15) is 0 Å². The molecular weight excluding hydrogens is 274 g/mol. The largest absolute Gasteiger partial charge is 0.481 e. The van der Waals surface area contributed by atoms with E-state index in [1.54, 1.807) is 11.3 Å². The van der Waals surface area contributed by atoms with Gasteiger partial charge in [-0.2, -0.15) is 0 Å². The molecule has 2 N–H and O–H groups in total. The Kier molecular flexibility index (Phi) is 4.48. The summed E-state index contributed by atoms with van der Waals surface area (Å²) in [6, 6.07) is 4.06. The van der Waals surface area contributed by atoms with Crippen LogP contribution in [0.2, 0.25) is 0 Å². The molecule has 0 unspecified atom stereocenters. The van der Waals surface area contributed by atoms with Crippen molar-refractivity contribution in [3.8, 4) is 0 Å². The summed E-state index contributed by atoms with van der Waals surface area (Å²) in [5.41, 5.74) is -0.124. The lowest BCUT2D eigenvalue weighted by Gasteiger charge is -2.25. The van der Waals surface area contributed by atoms with Crippen molar-refractivity contribution in [2.24, 2.45) is 11.8 Å². The smallest absolute Gasteiger partial charge is 0.307 e. The third-order valence-corrected chi connectivity index (χ3v) is 5.30. The molecule has 1 aliphatic rings. The highest BCUT2D eigenvalue weighted by Gasteiger charge is 2.38. The fourth-order valence-corrected chi connectivity index (χ4v) is 3.61. The Balaban J connectivity index is 1.94. The molecule has 4 nitrogen and oxygen atoms in total. The van der Waals surface area contributed by atoms with Gasteiger partial charge in [0.25, 0.3) is 0 Å². The molecule has 1 aromatic heterocycles. The first-order valence-corrected chi connectivity index (χ1v) is 7.84. The number of amides is 1. The van der Waals surface area contributed by atoms with E-state index in [9.17, 15) is 9.59 Å². The Morgan fingerprint density at radius 1 is 1.40 bits per heavy atom. The standard InChI is InChI=1S/C15H21NO3S/c1-15(2,12-7-4-8-20-12)9-16-13(17)10-5-3-6-11(10)14(18)19/h4,7-8,10-11H,3,5-6,9H2,1-2H3,(H,16,17)(H,18,19)/t10-,11+/m1/s1. The molecule has 0 bridgehead atoms. The first-order valence-electron chi connectivity index (χ1n) is 6.96. The highest BCUT2D eigenvalue weighted by atomic mass is 32.1. The summed E-state index contributed by atoms with van der Waals surface area (Å²) in [7, 11) is 0. The van der Waals surface area contributed by atoms with Gasteiger partial charge in [-0.15, -0.1) is 11.3 Å². The lowest BCUT2D eigenvalue weighted by atomic mass is 9.90. The lowest BCUT2D eigenvalue weighted by Crippen LogP contribution is -2.41. The van der Waals surface area contributed by atoms with E-state index in [0.717, 1.165) is 6.42 Å². The second kappa shape index (κ2) is 5.95. The Hall–Kier alpha value is -1.36. The summed E-state index contributed by atoms with van der Waals surface area (Å²) in [6.07, 6.45) is 2.12. The molecule has 1 aromatic rings. The van der Waals surface area contributed by atoms with Crippen LogP contribution in [0.3, 0.4) is 0 Å². The van der Waals surface area contributed by atoms with Crippen molar-refractivity contribution in [2.75, 3.05) is 6.54 Å². The van der Waals surface area contributed by atoms with Crippen LogP contribution in [0.15, 0.2) is 17.5 Å². The molecular formula is C15H21NO3S. The van der Waals surface area contributed by atoms with Gasteiger partial charge in [0.15, 0.2) is 0 Å². The fraction of sp³-hybridized carbons (Fsp3) is 0.600. The first-order chi connectivity index (χ1) is 9.42. The number of rotatable bonds is 5. The number of carbonyl (C=O) groups excluding carboxylic acids is 1. The van der Waals surface area contributed by atoms with E-state index < -0.39 is 11.9 Å². The number of hydrogen-bond acceptors (Lipinski definition) is 3. The normalized spacial score (nSPS) is 22.7.